The molecule has 1 amide bonds. The summed E-state index contributed by atoms with van der Waals surface area (Å²) in [6, 6.07) is 12.6. The summed E-state index contributed by atoms with van der Waals surface area (Å²) in [6.45, 7) is 1.08. The van der Waals surface area contributed by atoms with Gasteiger partial charge in [-0.3, -0.25) is 9.89 Å². The van der Waals surface area contributed by atoms with Crippen LogP contribution in [0.1, 0.15) is 34.1 Å². The number of carbonyl (C=O) groups excluding carboxylic acids is 1. The number of amides is 1. The van der Waals surface area contributed by atoms with Crippen LogP contribution in [-0.2, 0) is 4.74 Å². The molecule has 30 heavy (non-hydrogen) atoms. The molecule has 3 aromatic rings. The zero-order valence-corrected chi connectivity index (χ0v) is 18.1. The Morgan fingerprint density at radius 2 is 2.00 bits per heavy atom. The van der Waals surface area contributed by atoms with Gasteiger partial charge in [-0.05, 0) is 36.2 Å². The lowest BCUT2D eigenvalue weighted by Gasteiger charge is -2.27. The minimum Gasteiger partial charge on any atom is -0.497 e. The number of benzene rings is 2. The van der Waals surface area contributed by atoms with E-state index in [1.54, 1.807) is 31.3 Å². The Hall–Kier alpha value is -2.54. The van der Waals surface area contributed by atoms with E-state index in [0.717, 1.165) is 16.7 Å². The van der Waals surface area contributed by atoms with Crippen LogP contribution in [0.15, 0.2) is 42.5 Å². The van der Waals surface area contributed by atoms with Crippen LogP contribution in [-0.4, -0.2) is 48.4 Å². The fourth-order valence-corrected chi connectivity index (χ4v) is 4.36. The van der Waals surface area contributed by atoms with Crippen LogP contribution in [0.25, 0.3) is 11.3 Å². The molecule has 0 radical (unpaired) electrons. The number of fused-ring (bicyclic) bond motifs is 1. The van der Waals surface area contributed by atoms with Crippen molar-refractivity contribution in [2.75, 3.05) is 27.4 Å². The van der Waals surface area contributed by atoms with Gasteiger partial charge in [-0.15, -0.1) is 0 Å². The molecule has 6 nitrogen and oxygen atoms in total. The highest BCUT2D eigenvalue weighted by Crippen LogP contribution is 2.45. The number of nitrogens with zero attached hydrogens (tertiary/aromatic N) is 2. The summed E-state index contributed by atoms with van der Waals surface area (Å²) in [5.41, 5.74) is 3.63. The maximum absolute atomic E-state index is 13.2. The van der Waals surface area contributed by atoms with Crippen LogP contribution in [0.4, 0.5) is 0 Å². The van der Waals surface area contributed by atoms with Crippen molar-refractivity contribution in [1.82, 2.24) is 15.1 Å². The van der Waals surface area contributed by atoms with E-state index < -0.39 is 0 Å². The van der Waals surface area contributed by atoms with Crippen LogP contribution < -0.4 is 4.74 Å². The van der Waals surface area contributed by atoms with E-state index in [0.29, 0.717) is 46.8 Å². The second-order valence-corrected chi connectivity index (χ2v) is 7.85. The second-order valence-electron chi connectivity index (χ2n) is 7.01. The Labute approximate surface area is 184 Å². The van der Waals surface area contributed by atoms with Gasteiger partial charge in [0.05, 0.1) is 18.8 Å². The molecule has 0 bridgehead atoms. The molecule has 1 aromatic heterocycles. The molecule has 1 N–H and O–H groups in total. The van der Waals surface area contributed by atoms with E-state index in [9.17, 15) is 4.79 Å². The highest BCUT2D eigenvalue weighted by atomic mass is 35.5. The lowest BCUT2D eigenvalue weighted by atomic mass is 9.96. The summed E-state index contributed by atoms with van der Waals surface area (Å²) in [6.07, 6.45) is 0.705. The lowest BCUT2D eigenvalue weighted by Crippen LogP contribution is -2.31. The van der Waals surface area contributed by atoms with Crippen molar-refractivity contribution >= 4 is 29.1 Å². The molecule has 2 aromatic carbocycles. The number of aromatic nitrogens is 2. The molecule has 1 aliphatic heterocycles. The summed E-state index contributed by atoms with van der Waals surface area (Å²) in [4.78, 5) is 15.0. The summed E-state index contributed by atoms with van der Waals surface area (Å²) in [5, 5.41) is 8.45. The number of carbonyl (C=O) groups is 1. The van der Waals surface area contributed by atoms with E-state index in [-0.39, 0.29) is 11.9 Å². The van der Waals surface area contributed by atoms with E-state index >= 15 is 0 Å². The van der Waals surface area contributed by atoms with Crippen molar-refractivity contribution in [2.45, 2.75) is 12.5 Å². The Morgan fingerprint density at radius 1 is 1.17 bits per heavy atom. The van der Waals surface area contributed by atoms with Crippen LogP contribution in [0.2, 0.25) is 10.0 Å². The zero-order chi connectivity index (χ0) is 21.3. The van der Waals surface area contributed by atoms with Crippen molar-refractivity contribution in [3.63, 3.8) is 0 Å². The molecule has 0 aliphatic carbocycles. The number of nitrogens with one attached hydrogen (secondary N) is 1. The third-order valence-corrected chi connectivity index (χ3v) is 5.77. The topological polar surface area (TPSA) is 67.5 Å². The molecule has 0 saturated heterocycles. The average Bonchev–Trinajstić information content (AvgIpc) is 3.28. The maximum atomic E-state index is 13.2. The Morgan fingerprint density at radius 3 is 2.73 bits per heavy atom. The number of hydrogen-bond acceptors (Lipinski definition) is 4. The monoisotopic (exact) mass is 445 g/mol. The van der Waals surface area contributed by atoms with Gasteiger partial charge >= 0.3 is 0 Å². The Bertz CT molecular complexity index is 1080. The summed E-state index contributed by atoms with van der Waals surface area (Å²) < 4.78 is 10.5. The van der Waals surface area contributed by atoms with Gasteiger partial charge in [0, 0.05) is 41.4 Å². The van der Waals surface area contributed by atoms with Gasteiger partial charge in [0.25, 0.3) is 5.91 Å². The molecule has 4 rings (SSSR count). The van der Waals surface area contributed by atoms with E-state index in [1.807, 2.05) is 30.3 Å². The highest BCUT2D eigenvalue weighted by molar-refractivity contribution is 6.35. The van der Waals surface area contributed by atoms with Crippen molar-refractivity contribution < 1.29 is 14.3 Å². The number of H-pyrrole nitrogens is 1. The summed E-state index contributed by atoms with van der Waals surface area (Å²) in [5.74, 6) is 0.602. The van der Waals surface area contributed by atoms with Gasteiger partial charge in [-0.1, -0.05) is 41.4 Å². The van der Waals surface area contributed by atoms with Crippen molar-refractivity contribution in [3.8, 4) is 17.0 Å². The van der Waals surface area contributed by atoms with Crippen LogP contribution in [0.5, 0.6) is 5.75 Å². The number of halogens is 2. The molecular weight excluding hydrogens is 425 g/mol. The van der Waals surface area contributed by atoms with Gasteiger partial charge in [0.15, 0.2) is 0 Å². The first-order chi connectivity index (χ1) is 14.5. The predicted octanol–water partition coefficient (Wildman–Crippen LogP) is 4.97. The SMILES string of the molecule is COCCCN1C(=O)c2[nH]nc(-c3cccc(OC)c3)c2C1c1ccc(Cl)cc1Cl. The van der Waals surface area contributed by atoms with E-state index in [4.69, 9.17) is 32.7 Å². The molecule has 0 spiro atoms. The molecule has 1 atom stereocenters. The molecular formula is C22H21Cl2N3O3. The second kappa shape index (κ2) is 8.68. The van der Waals surface area contributed by atoms with Crippen molar-refractivity contribution in [1.29, 1.82) is 0 Å². The third-order valence-electron chi connectivity index (χ3n) is 5.21. The number of hydrogen-bond donors (Lipinski definition) is 1. The molecule has 0 saturated carbocycles. The van der Waals surface area contributed by atoms with E-state index in [1.165, 1.54) is 0 Å². The van der Waals surface area contributed by atoms with Crippen LogP contribution >= 0.6 is 23.2 Å². The van der Waals surface area contributed by atoms with E-state index in [2.05, 4.69) is 10.2 Å². The first-order valence-electron chi connectivity index (χ1n) is 9.52. The molecule has 0 fully saturated rings. The van der Waals surface area contributed by atoms with Gasteiger partial charge in [-0.2, -0.15) is 5.10 Å². The molecule has 1 unspecified atom stereocenters. The van der Waals surface area contributed by atoms with Crippen molar-refractivity contribution in [3.05, 3.63) is 69.3 Å². The predicted molar refractivity (Wildman–Crippen MR) is 116 cm³/mol. The molecule has 156 valence electrons. The fourth-order valence-electron chi connectivity index (χ4n) is 3.84. The maximum Gasteiger partial charge on any atom is 0.273 e. The number of ether oxygens (including phenoxy) is 2. The first kappa shape index (κ1) is 20.7. The van der Waals surface area contributed by atoms with Crippen molar-refractivity contribution in [2.24, 2.45) is 0 Å². The number of methoxy groups -OCH3 is 2. The van der Waals surface area contributed by atoms with Crippen LogP contribution in [0, 0.1) is 0 Å². The molecule has 8 heteroatoms. The minimum atomic E-state index is -0.380. The normalized spacial score (nSPS) is 15.5. The lowest BCUT2D eigenvalue weighted by molar-refractivity contribution is 0.0723. The van der Waals surface area contributed by atoms with Gasteiger partial charge in [0.1, 0.15) is 11.4 Å². The summed E-state index contributed by atoms with van der Waals surface area (Å²) >= 11 is 12.7. The number of rotatable bonds is 7. The minimum absolute atomic E-state index is 0.112. The highest BCUT2D eigenvalue weighted by Gasteiger charge is 2.42. The Kier molecular flexibility index (Phi) is 5.99. The third kappa shape index (κ3) is 3.67. The fraction of sp³-hybridized carbons (Fsp3) is 0.273. The quantitative estimate of drug-likeness (QED) is 0.521. The largest absolute Gasteiger partial charge is 0.497 e. The smallest absolute Gasteiger partial charge is 0.273 e. The number of aromatic amines is 1. The van der Waals surface area contributed by atoms with Gasteiger partial charge in [-0.25, -0.2) is 0 Å². The Balaban J connectivity index is 1.85. The van der Waals surface area contributed by atoms with Crippen LogP contribution in [0.3, 0.4) is 0 Å². The summed E-state index contributed by atoms with van der Waals surface area (Å²) in [7, 11) is 3.26. The average molecular weight is 446 g/mol. The van der Waals surface area contributed by atoms with Gasteiger partial charge in [0.2, 0.25) is 0 Å². The first-order valence-corrected chi connectivity index (χ1v) is 10.3. The molecule has 1 aliphatic rings. The van der Waals surface area contributed by atoms with Gasteiger partial charge < -0.3 is 14.4 Å². The standard InChI is InChI=1S/C22H21Cl2N3O3/c1-29-10-4-9-27-21(16-8-7-14(23)12-17(16)24)18-19(25-26-20(18)22(27)28)13-5-3-6-15(11-13)30-2/h3,5-8,11-12,21H,4,9-10H2,1-2H3,(H,25,26). The molecule has 2 heterocycles. The zero-order valence-electron chi connectivity index (χ0n) is 16.6.